The molecule has 398 valence electrons. The van der Waals surface area contributed by atoms with Crippen LogP contribution in [-0.4, -0.2) is 74.9 Å². The Morgan fingerprint density at radius 3 is 1.21 bits per heavy atom. The highest BCUT2D eigenvalue weighted by atomic mass is 31.2. The van der Waals surface area contributed by atoms with E-state index < -0.39 is 26.5 Å². The first-order chi connectivity index (χ1) is 34.0. The summed E-state index contributed by atoms with van der Waals surface area (Å²) in [5.74, 6) is -0.825. The van der Waals surface area contributed by atoms with E-state index in [1.807, 2.05) is 21.1 Å². The van der Waals surface area contributed by atoms with E-state index in [2.05, 4.69) is 135 Å². The van der Waals surface area contributed by atoms with Gasteiger partial charge in [0.1, 0.15) is 19.8 Å². The molecule has 0 spiro atoms. The lowest BCUT2D eigenvalue weighted by Gasteiger charge is -2.24. The first-order valence-corrected chi connectivity index (χ1v) is 28.8. The minimum absolute atomic E-state index is 0.0263. The van der Waals surface area contributed by atoms with Crippen LogP contribution in [0.2, 0.25) is 0 Å². The van der Waals surface area contributed by atoms with Crippen LogP contribution < -0.4 is 0 Å². The van der Waals surface area contributed by atoms with Gasteiger partial charge in [-0.3, -0.25) is 18.6 Å². The first-order valence-electron chi connectivity index (χ1n) is 27.3. The van der Waals surface area contributed by atoms with Crippen LogP contribution in [0.1, 0.15) is 194 Å². The highest BCUT2D eigenvalue weighted by Crippen LogP contribution is 2.43. The number of esters is 2. The van der Waals surface area contributed by atoms with Gasteiger partial charge in [0.2, 0.25) is 0 Å². The van der Waals surface area contributed by atoms with Crippen molar-refractivity contribution < 1.29 is 42.1 Å². The van der Waals surface area contributed by atoms with Gasteiger partial charge in [-0.15, -0.1) is 0 Å². The second-order valence-corrected chi connectivity index (χ2v) is 20.3. The number of hydrogen-bond donors (Lipinski definition) is 1. The topological polar surface area (TPSA) is 108 Å². The summed E-state index contributed by atoms with van der Waals surface area (Å²) < 4.78 is 34.1. The third-order valence-electron chi connectivity index (χ3n) is 11.0. The molecule has 9 nitrogen and oxygen atoms in total. The maximum absolute atomic E-state index is 12.7. The zero-order chi connectivity index (χ0) is 51.3. The Bertz CT molecular complexity index is 1590. The zero-order valence-electron chi connectivity index (χ0n) is 45.0. The van der Waals surface area contributed by atoms with Crippen LogP contribution in [0.25, 0.3) is 0 Å². The number of carbonyl (C=O) groups is 2. The van der Waals surface area contributed by atoms with Gasteiger partial charge in [0.25, 0.3) is 0 Å². The molecule has 0 aromatic rings. The van der Waals surface area contributed by atoms with E-state index in [1.165, 1.54) is 38.5 Å². The van der Waals surface area contributed by atoms with Crippen LogP contribution in [0.15, 0.2) is 122 Å². The summed E-state index contributed by atoms with van der Waals surface area (Å²) in [7, 11) is 1.46. The fourth-order valence-electron chi connectivity index (χ4n) is 6.81. The number of carbonyl (C=O) groups excluding carboxylic acids is 2. The second-order valence-electron chi connectivity index (χ2n) is 18.9. The predicted molar refractivity (Wildman–Crippen MR) is 297 cm³/mol. The van der Waals surface area contributed by atoms with E-state index in [0.717, 1.165) is 122 Å². The Labute approximate surface area is 428 Å². The van der Waals surface area contributed by atoms with Crippen molar-refractivity contribution in [3.63, 3.8) is 0 Å². The third-order valence-corrected chi connectivity index (χ3v) is 12.0. The summed E-state index contributed by atoms with van der Waals surface area (Å²) in [5.41, 5.74) is 0. The average molecular weight is 995 g/mol. The quantitative estimate of drug-likeness (QED) is 0.0211. The number of phosphoric ester groups is 1. The number of phosphoric acid groups is 1. The number of unbranched alkanes of at least 4 members (excludes halogenated alkanes) is 14. The second kappa shape index (κ2) is 50.4. The van der Waals surface area contributed by atoms with E-state index in [1.54, 1.807) is 0 Å². The molecule has 0 fully saturated rings. The Balaban J connectivity index is 3.94. The van der Waals surface area contributed by atoms with Crippen molar-refractivity contribution >= 4 is 19.8 Å². The molecule has 0 aliphatic carbocycles. The van der Waals surface area contributed by atoms with Crippen LogP contribution in [0.4, 0.5) is 0 Å². The van der Waals surface area contributed by atoms with Gasteiger partial charge in [-0.1, -0.05) is 212 Å². The normalized spacial score (nSPS) is 14.3. The van der Waals surface area contributed by atoms with Crippen molar-refractivity contribution in [3.05, 3.63) is 122 Å². The van der Waals surface area contributed by atoms with Gasteiger partial charge in [0.15, 0.2) is 6.10 Å². The zero-order valence-corrected chi connectivity index (χ0v) is 45.8. The summed E-state index contributed by atoms with van der Waals surface area (Å²) >= 11 is 0. The van der Waals surface area contributed by atoms with E-state index in [-0.39, 0.29) is 32.0 Å². The number of ether oxygens (including phenoxy) is 2. The van der Waals surface area contributed by atoms with Gasteiger partial charge in [0.05, 0.1) is 27.7 Å². The minimum atomic E-state index is -4.37. The van der Waals surface area contributed by atoms with Crippen molar-refractivity contribution in [1.82, 2.24) is 0 Å². The first kappa shape index (κ1) is 66.4. The van der Waals surface area contributed by atoms with Crippen molar-refractivity contribution in [1.29, 1.82) is 0 Å². The predicted octanol–water partition coefficient (Wildman–Crippen LogP) is 16.8. The number of rotatable bonds is 48. The lowest BCUT2D eigenvalue weighted by Crippen LogP contribution is -2.37. The molecule has 0 aromatic heterocycles. The molecule has 1 N–H and O–H groups in total. The molecular formula is C60H101NO8P+. The SMILES string of the molecule is CC/C=C\C/C=C\C/C=C\C/C=C\C/C=C\C/C=C\C/C=C\C/C=C\C/C=C\C/C=C\CCCCCCCCCCCCC(=O)OC(COC(=O)CCCCCCC)COP(=O)(O)OCC[N+](C)(C)C. The Hall–Kier alpha value is -3.59. The molecule has 0 saturated heterocycles. The van der Waals surface area contributed by atoms with Crippen LogP contribution in [-0.2, 0) is 32.7 Å². The summed E-state index contributed by atoms with van der Waals surface area (Å²) in [5, 5.41) is 0. The highest BCUT2D eigenvalue weighted by molar-refractivity contribution is 7.47. The van der Waals surface area contributed by atoms with Gasteiger partial charge in [-0.25, -0.2) is 4.57 Å². The van der Waals surface area contributed by atoms with Crippen LogP contribution in [0, 0.1) is 0 Å². The van der Waals surface area contributed by atoms with Gasteiger partial charge >= 0.3 is 19.8 Å². The molecule has 0 amide bonds. The molecule has 0 aromatic carbocycles. The summed E-state index contributed by atoms with van der Waals surface area (Å²) in [6.07, 6.45) is 71.9. The lowest BCUT2D eigenvalue weighted by atomic mass is 10.0. The lowest BCUT2D eigenvalue weighted by molar-refractivity contribution is -0.870. The molecule has 0 bridgehead atoms. The molecule has 0 radical (unpaired) electrons. The van der Waals surface area contributed by atoms with E-state index >= 15 is 0 Å². The number of allylic oxidation sites excluding steroid dienone is 20. The Kier molecular flexibility index (Phi) is 47.8. The molecule has 10 heteroatoms. The Morgan fingerprint density at radius 1 is 0.457 bits per heavy atom. The molecule has 0 aliphatic heterocycles. The van der Waals surface area contributed by atoms with Gasteiger partial charge < -0.3 is 18.9 Å². The van der Waals surface area contributed by atoms with Crippen LogP contribution in [0.3, 0.4) is 0 Å². The maximum atomic E-state index is 12.7. The molecule has 0 heterocycles. The third kappa shape index (κ3) is 53.8. The van der Waals surface area contributed by atoms with Crippen LogP contribution >= 0.6 is 7.82 Å². The van der Waals surface area contributed by atoms with E-state index in [9.17, 15) is 19.0 Å². The van der Waals surface area contributed by atoms with Gasteiger partial charge in [0, 0.05) is 12.8 Å². The molecule has 70 heavy (non-hydrogen) atoms. The maximum Gasteiger partial charge on any atom is 0.472 e. The minimum Gasteiger partial charge on any atom is -0.462 e. The fraction of sp³-hybridized carbons (Fsp3) is 0.633. The molecular weight excluding hydrogens is 894 g/mol. The summed E-state index contributed by atoms with van der Waals surface area (Å²) in [4.78, 5) is 35.1. The largest absolute Gasteiger partial charge is 0.472 e. The number of nitrogens with zero attached hydrogens (tertiary/aromatic N) is 1. The molecule has 0 saturated carbocycles. The molecule has 2 atom stereocenters. The monoisotopic (exact) mass is 995 g/mol. The van der Waals surface area contributed by atoms with Crippen LogP contribution in [0.5, 0.6) is 0 Å². The highest BCUT2D eigenvalue weighted by Gasteiger charge is 2.27. The van der Waals surface area contributed by atoms with Crippen molar-refractivity contribution in [2.45, 2.75) is 200 Å². The standard InChI is InChI=1S/C60H100NO8P/c1-6-8-10-12-13-14-15-16-17-18-19-20-21-22-23-24-25-26-27-28-29-30-31-32-33-34-35-36-37-38-39-40-41-42-43-44-45-46-47-49-51-53-60(63)69-58(56-66-59(62)52-50-48-11-9-7-2)57-68-70(64,65)67-55-54-61(3,4)5/h8,10,13-14,16-17,19-20,22-23,25-26,28-29,31-32,34-35,37-38,58H,6-7,9,11-12,15,18,21,24,27,30,33,36,39-57H2,1-5H3/p+1/b10-8-,14-13-,17-16-,20-19-,23-22-,26-25-,29-28-,32-31-,35-34-,38-37-. The van der Waals surface area contributed by atoms with Crippen molar-refractivity contribution in [2.75, 3.05) is 47.5 Å². The van der Waals surface area contributed by atoms with Crippen molar-refractivity contribution in [3.8, 4) is 0 Å². The number of likely N-dealkylation sites (N-methyl/N-ethyl adjacent to an activating group) is 1. The molecule has 0 rings (SSSR count). The number of quaternary nitrogens is 1. The Morgan fingerprint density at radius 2 is 0.814 bits per heavy atom. The summed E-state index contributed by atoms with van der Waals surface area (Å²) in [6.45, 7) is 4.19. The fourth-order valence-corrected chi connectivity index (χ4v) is 7.55. The van der Waals surface area contributed by atoms with E-state index in [4.69, 9.17) is 18.5 Å². The van der Waals surface area contributed by atoms with Gasteiger partial charge in [-0.2, -0.15) is 0 Å². The number of hydrogen-bond acceptors (Lipinski definition) is 7. The molecule has 2 unspecified atom stereocenters. The smallest absolute Gasteiger partial charge is 0.462 e. The van der Waals surface area contributed by atoms with Gasteiger partial charge in [-0.05, 0) is 89.9 Å². The summed E-state index contributed by atoms with van der Waals surface area (Å²) in [6, 6.07) is 0. The van der Waals surface area contributed by atoms with E-state index in [0.29, 0.717) is 17.4 Å². The molecule has 0 aliphatic rings. The van der Waals surface area contributed by atoms with Crippen molar-refractivity contribution in [2.24, 2.45) is 0 Å². The average Bonchev–Trinajstić information content (AvgIpc) is 3.32.